The normalized spacial score (nSPS) is 14.0. The van der Waals surface area contributed by atoms with E-state index in [2.05, 4.69) is 10.6 Å². The van der Waals surface area contributed by atoms with Gasteiger partial charge >= 0.3 is 6.03 Å². The number of ether oxygens (including phenoxy) is 2. The summed E-state index contributed by atoms with van der Waals surface area (Å²) in [6.45, 7) is 2.76. The molecular formula is C17H16F2N2O3. The van der Waals surface area contributed by atoms with E-state index in [1.807, 2.05) is 6.07 Å². The summed E-state index contributed by atoms with van der Waals surface area (Å²) in [5.41, 5.74) is 0.720. The predicted molar refractivity (Wildman–Crippen MR) is 84.4 cm³/mol. The molecule has 0 radical (unpaired) electrons. The maximum Gasteiger partial charge on any atom is 0.319 e. The number of rotatable bonds is 3. The Balaban J connectivity index is 1.65. The topological polar surface area (TPSA) is 59.6 Å². The molecule has 1 aliphatic heterocycles. The van der Waals surface area contributed by atoms with Crippen molar-refractivity contribution in [3.8, 4) is 11.5 Å². The van der Waals surface area contributed by atoms with Crippen LogP contribution >= 0.6 is 0 Å². The lowest BCUT2D eigenvalue weighted by Gasteiger charge is -2.21. The molecule has 126 valence electrons. The van der Waals surface area contributed by atoms with Gasteiger partial charge in [0, 0.05) is 6.07 Å². The highest BCUT2D eigenvalue weighted by molar-refractivity contribution is 5.89. The fraction of sp³-hybridized carbons (Fsp3) is 0.235. The third-order valence-corrected chi connectivity index (χ3v) is 3.59. The monoisotopic (exact) mass is 334 g/mol. The summed E-state index contributed by atoms with van der Waals surface area (Å²) < 4.78 is 37.4. The van der Waals surface area contributed by atoms with E-state index in [4.69, 9.17) is 9.47 Å². The standard InChI is InChI=1S/C17H16F2N2O3/c1-10(11-2-5-15-16(8-11)24-7-6-23-15)20-17(22)21-14-4-3-12(18)9-13(14)19/h2-5,8-10H,6-7H2,1H3,(H2,20,21,22). The lowest BCUT2D eigenvalue weighted by molar-refractivity contribution is 0.171. The van der Waals surface area contributed by atoms with Crippen molar-refractivity contribution in [2.24, 2.45) is 0 Å². The molecule has 2 amide bonds. The zero-order valence-electron chi connectivity index (χ0n) is 12.9. The number of fused-ring (bicyclic) bond motifs is 1. The number of carbonyl (C=O) groups is 1. The van der Waals surface area contributed by atoms with Gasteiger partial charge in [0.1, 0.15) is 24.8 Å². The van der Waals surface area contributed by atoms with Crippen LogP contribution in [-0.4, -0.2) is 19.2 Å². The van der Waals surface area contributed by atoms with Gasteiger partial charge in [0.2, 0.25) is 0 Å². The van der Waals surface area contributed by atoms with Gasteiger partial charge in [0.15, 0.2) is 11.5 Å². The third-order valence-electron chi connectivity index (χ3n) is 3.59. The second-order valence-corrected chi connectivity index (χ2v) is 5.35. The number of hydrogen-bond donors (Lipinski definition) is 2. The van der Waals surface area contributed by atoms with Gasteiger partial charge in [0.25, 0.3) is 0 Å². The molecular weight excluding hydrogens is 318 g/mol. The van der Waals surface area contributed by atoms with E-state index in [0.29, 0.717) is 30.8 Å². The SMILES string of the molecule is CC(NC(=O)Nc1ccc(F)cc1F)c1ccc2c(c1)OCCO2. The van der Waals surface area contributed by atoms with Crippen LogP contribution in [0.4, 0.5) is 19.3 Å². The molecule has 0 aliphatic carbocycles. The van der Waals surface area contributed by atoms with Gasteiger partial charge in [-0.3, -0.25) is 0 Å². The average Bonchev–Trinajstić information content (AvgIpc) is 2.57. The first-order valence-electron chi connectivity index (χ1n) is 7.45. The Bertz CT molecular complexity index is 767. The zero-order valence-corrected chi connectivity index (χ0v) is 12.9. The molecule has 0 saturated heterocycles. The van der Waals surface area contributed by atoms with Crippen LogP contribution in [0.5, 0.6) is 11.5 Å². The minimum atomic E-state index is -0.836. The summed E-state index contributed by atoms with van der Waals surface area (Å²) >= 11 is 0. The molecule has 3 rings (SSSR count). The second kappa shape index (κ2) is 6.74. The van der Waals surface area contributed by atoms with Crippen LogP contribution in [0.2, 0.25) is 0 Å². The number of hydrogen-bond acceptors (Lipinski definition) is 3. The number of halogens is 2. The number of urea groups is 1. The van der Waals surface area contributed by atoms with E-state index in [0.717, 1.165) is 11.6 Å². The first kappa shape index (κ1) is 16.0. The smallest absolute Gasteiger partial charge is 0.319 e. The van der Waals surface area contributed by atoms with E-state index in [1.165, 1.54) is 6.07 Å². The molecule has 7 heteroatoms. The molecule has 1 unspecified atom stereocenters. The van der Waals surface area contributed by atoms with Crippen molar-refractivity contribution in [2.75, 3.05) is 18.5 Å². The molecule has 0 spiro atoms. The maximum absolute atomic E-state index is 13.5. The molecule has 1 heterocycles. The summed E-state index contributed by atoms with van der Waals surface area (Å²) in [6.07, 6.45) is 0. The van der Waals surface area contributed by atoms with Gasteiger partial charge in [-0.15, -0.1) is 0 Å². The number of anilines is 1. The van der Waals surface area contributed by atoms with Gasteiger partial charge in [-0.25, -0.2) is 13.6 Å². The quantitative estimate of drug-likeness (QED) is 0.901. The number of nitrogens with one attached hydrogen (secondary N) is 2. The van der Waals surface area contributed by atoms with Crippen LogP contribution in [0.3, 0.4) is 0 Å². The van der Waals surface area contributed by atoms with E-state index in [9.17, 15) is 13.6 Å². The Morgan fingerprint density at radius 3 is 2.58 bits per heavy atom. The van der Waals surface area contributed by atoms with Gasteiger partial charge < -0.3 is 20.1 Å². The molecule has 2 aromatic carbocycles. The number of carbonyl (C=O) groups excluding carboxylic acids is 1. The van der Waals surface area contributed by atoms with E-state index >= 15 is 0 Å². The van der Waals surface area contributed by atoms with Crippen molar-refractivity contribution in [3.63, 3.8) is 0 Å². The predicted octanol–water partition coefficient (Wildman–Crippen LogP) is 3.62. The third kappa shape index (κ3) is 3.56. The average molecular weight is 334 g/mol. The van der Waals surface area contributed by atoms with Crippen molar-refractivity contribution >= 4 is 11.7 Å². The fourth-order valence-electron chi connectivity index (χ4n) is 2.36. The first-order valence-corrected chi connectivity index (χ1v) is 7.45. The van der Waals surface area contributed by atoms with Crippen molar-refractivity contribution < 1.29 is 23.0 Å². The van der Waals surface area contributed by atoms with Gasteiger partial charge in [-0.1, -0.05) is 6.07 Å². The van der Waals surface area contributed by atoms with Crippen LogP contribution in [0.25, 0.3) is 0 Å². The molecule has 1 aliphatic rings. The van der Waals surface area contributed by atoms with Crippen molar-refractivity contribution in [3.05, 3.63) is 53.6 Å². The van der Waals surface area contributed by atoms with Crippen molar-refractivity contribution in [1.29, 1.82) is 0 Å². The zero-order chi connectivity index (χ0) is 17.1. The van der Waals surface area contributed by atoms with Crippen LogP contribution in [0.15, 0.2) is 36.4 Å². The highest BCUT2D eigenvalue weighted by atomic mass is 19.1. The van der Waals surface area contributed by atoms with Crippen LogP contribution in [0, 0.1) is 11.6 Å². The molecule has 2 aromatic rings. The highest BCUT2D eigenvalue weighted by Crippen LogP contribution is 2.32. The molecule has 0 bridgehead atoms. The summed E-state index contributed by atoms with van der Waals surface area (Å²) in [4.78, 5) is 12.0. The Labute approximate surface area is 137 Å². The fourth-order valence-corrected chi connectivity index (χ4v) is 2.36. The Hall–Kier alpha value is -2.83. The molecule has 24 heavy (non-hydrogen) atoms. The first-order chi connectivity index (χ1) is 11.5. The second-order valence-electron chi connectivity index (χ2n) is 5.35. The minimum absolute atomic E-state index is 0.0942. The highest BCUT2D eigenvalue weighted by Gasteiger charge is 2.16. The Morgan fingerprint density at radius 2 is 1.83 bits per heavy atom. The molecule has 0 saturated carbocycles. The van der Waals surface area contributed by atoms with Gasteiger partial charge in [-0.05, 0) is 36.8 Å². The number of amides is 2. The van der Waals surface area contributed by atoms with Gasteiger partial charge in [-0.2, -0.15) is 0 Å². The summed E-state index contributed by atoms with van der Waals surface area (Å²) in [7, 11) is 0. The van der Waals surface area contributed by atoms with E-state index in [1.54, 1.807) is 19.1 Å². The summed E-state index contributed by atoms with van der Waals surface area (Å²) in [5, 5.41) is 5.04. The molecule has 5 nitrogen and oxygen atoms in total. The Kier molecular flexibility index (Phi) is 4.50. The van der Waals surface area contributed by atoms with Crippen molar-refractivity contribution in [2.45, 2.75) is 13.0 Å². The summed E-state index contributed by atoms with van der Waals surface area (Å²) in [5.74, 6) is -0.257. The van der Waals surface area contributed by atoms with Crippen LogP contribution in [0.1, 0.15) is 18.5 Å². The van der Waals surface area contributed by atoms with Crippen molar-refractivity contribution in [1.82, 2.24) is 5.32 Å². The lowest BCUT2D eigenvalue weighted by atomic mass is 10.1. The maximum atomic E-state index is 13.5. The Morgan fingerprint density at radius 1 is 1.08 bits per heavy atom. The molecule has 1 atom stereocenters. The lowest BCUT2D eigenvalue weighted by Crippen LogP contribution is -2.31. The molecule has 0 fully saturated rings. The minimum Gasteiger partial charge on any atom is -0.486 e. The number of benzene rings is 2. The van der Waals surface area contributed by atoms with Gasteiger partial charge in [0.05, 0.1) is 11.7 Å². The van der Waals surface area contributed by atoms with Crippen LogP contribution < -0.4 is 20.1 Å². The van der Waals surface area contributed by atoms with Crippen LogP contribution in [-0.2, 0) is 0 Å². The van der Waals surface area contributed by atoms with E-state index < -0.39 is 17.7 Å². The molecule has 2 N–H and O–H groups in total. The molecule has 0 aromatic heterocycles. The van der Waals surface area contributed by atoms with E-state index in [-0.39, 0.29) is 11.7 Å². The summed E-state index contributed by atoms with van der Waals surface area (Å²) in [6, 6.07) is 7.39. The largest absolute Gasteiger partial charge is 0.486 e.